The van der Waals surface area contributed by atoms with Crippen LogP contribution in [0.3, 0.4) is 0 Å². The summed E-state index contributed by atoms with van der Waals surface area (Å²) in [5.74, 6) is 0.890. The molecule has 0 bridgehead atoms. The summed E-state index contributed by atoms with van der Waals surface area (Å²) >= 11 is 0. The lowest BCUT2D eigenvalue weighted by atomic mass is 9.97. The van der Waals surface area contributed by atoms with Crippen molar-refractivity contribution in [3.63, 3.8) is 0 Å². The normalized spacial score (nSPS) is 22.0. The molecule has 0 radical (unpaired) electrons. The molecule has 1 aliphatic rings. The number of aromatic hydroxyl groups is 1. The maximum absolute atomic E-state index is 10.3. The number of hydrogen-bond acceptors (Lipinski definition) is 3. The smallest absolute Gasteiger partial charge is 0.120 e. The van der Waals surface area contributed by atoms with Crippen molar-refractivity contribution in [2.75, 3.05) is 0 Å². The van der Waals surface area contributed by atoms with Gasteiger partial charge in [-0.1, -0.05) is 19.1 Å². The third-order valence-electron chi connectivity index (χ3n) is 4.55. The van der Waals surface area contributed by atoms with E-state index in [2.05, 4.69) is 37.1 Å². The molecule has 0 aliphatic heterocycles. The summed E-state index contributed by atoms with van der Waals surface area (Å²) < 4.78 is 0. The fraction of sp³-hybridized carbons (Fsp3) is 0.389. The van der Waals surface area contributed by atoms with Crippen LogP contribution < -0.4 is 5.32 Å². The molecule has 1 heterocycles. The summed E-state index contributed by atoms with van der Waals surface area (Å²) in [6.45, 7) is 6.51. The average molecular weight is 282 g/mol. The zero-order chi connectivity index (χ0) is 15.0. The highest BCUT2D eigenvalue weighted by Crippen LogP contribution is 2.46. The van der Waals surface area contributed by atoms with Crippen molar-refractivity contribution in [2.45, 2.75) is 45.2 Å². The van der Waals surface area contributed by atoms with Gasteiger partial charge < -0.3 is 10.4 Å². The molecule has 0 saturated carbocycles. The number of aryl methyl sites for hydroxylation is 1. The van der Waals surface area contributed by atoms with Crippen molar-refractivity contribution >= 4 is 0 Å². The molecule has 3 heteroatoms. The van der Waals surface area contributed by atoms with Crippen LogP contribution in [0.25, 0.3) is 0 Å². The quantitative estimate of drug-likeness (QED) is 0.894. The van der Waals surface area contributed by atoms with Gasteiger partial charge in [0, 0.05) is 30.0 Å². The second-order valence-corrected chi connectivity index (χ2v) is 6.09. The molecular weight excluding hydrogens is 260 g/mol. The van der Waals surface area contributed by atoms with Gasteiger partial charge in [0.25, 0.3) is 0 Å². The average Bonchev–Trinajstić information content (AvgIpc) is 2.81. The summed E-state index contributed by atoms with van der Waals surface area (Å²) in [4.78, 5) is 4.18. The Balaban J connectivity index is 1.88. The molecule has 2 unspecified atom stereocenters. The molecule has 21 heavy (non-hydrogen) atoms. The van der Waals surface area contributed by atoms with E-state index in [4.69, 9.17) is 0 Å². The van der Waals surface area contributed by atoms with Gasteiger partial charge in [-0.2, -0.15) is 0 Å². The monoisotopic (exact) mass is 282 g/mol. The van der Waals surface area contributed by atoms with Gasteiger partial charge in [-0.25, -0.2) is 0 Å². The summed E-state index contributed by atoms with van der Waals surface area (Å²) in [6.07, 6.45) is 4.71. The molecule has 0 saturated heterocycles. The van der Waals surface area contributed by atoms with Gasteiger partial charge in [0.15, 0.2) is 0 Å². The fourth-order valence-electron chi connectivity index (χ4n) is 3.52. The van der Waals surface area contributed by atoms with Crippen LogP contribution in [0.15, 0.2) is 36.7 Å². The number of nitrogens with zero attached hydrogens (tertiary/aromatic N) is 1. The predicted molar refractivity (Wildman–Crippen MR) is 84.4 cm³/mol. The first-order chi connectivity index (χ1) is 10.1. The number of aromatic nitrogens is 1. The summed E-state index contributed by atoms with van der Waals surface area (Å²) in [7, 11) is 0. The van der Waals surface area contributed by atoms with Crippen molar-refractivity contribution in [3.8, 4) is 5.75 Å². The minimum Gasteiger partial charge on any atom is -0.508 e. The third-order valence-corrected chi connectivity index (χ3v) is 4.55. The summed E-state index contributed by atoms with van der Waals surface area (Å²) in [5, 5.41) is 13.9. The first-order valence-corrected chi connectivity index (χ1v) is 7.56. The maximum Gasteiger partial charge on any atom is 0.120 e. The fourth-order valence-corrected chi connectivity index (χ4v) is 3.52. The van der Waals surface area contributed by atoms with Crippen LogP contribution >= 0.6 is 0 Å². The van der Waals surface area contributed by atoms with Gasteiger partial charge in [-0.05, 0) is 55.0 Å². The van der Waals surface area contributed by atoms with E-state index in [-0.39, 0.29) is 12.1 Å². The van der Waals surface area contributed by atoms with Crippen molar-refractivity contribution < 1.29 is 5.11 Å². The first kappa shape index (κ1) is 14.1. The number of nitrogens with one attached hydrogen (secondary N) is 1. The Morgan fingerprint density at radius 3 is 2.81 bits per heavy atom. The number of phenolic OH excluding ortho intramolecular Hbond substituents is 1. The first-order valence-electron chi connectivity index (χ1n) is 7.56. The van der Waals surface area contributed by atoms with Crippen LogP contribution in [0.2, 0.25) is 0 Å². The number of fused-ring (bicyclic) bond motifs is 1. The van der Waals surface area contributed by atoms with Crippen LogP contribution in [0.4, 0.5) is 0 Å². The zero-order valence-electron chi connectivity index (χ0n) is 12.8. The van der Waals surface area contributed by atoms with Gasteiger partial charge >= 0.3 is 0 Å². The lowest BCUT2D eigenvalue weighted by Gasteiger charge is -2.21. The van der Waals surface area contributed by atoms with E-state index in [1.165, 1.54) is 16.7 Å². The Hall–Kier alpha value is -1.87. The Labute approximate surface area is 126 Å². The molecule has 0 spiro atoms. The molecule has 1 aromatic carbocycles. The van der Waals surface area contributed by atoms with E-state index < -0.39 is 0 Å². The Bertz CT molecular complexity index is 639. The van der Waals surface area contributed by atoms with Crippen molar-refractivity contribution in [3.05, 3.63) is 58.9 Å². The maximum atomic E-state index is 10.3. The molecule has 3 nitrogen and oxygen atoms in total. The van der Waals surface area contributed by atoms with Crippen LogP contribution in [-0.2, 0) is 0 Å². The Morgan fingerprint density at radius 2 is 2.10 bits per heavy atom. The number of benzene rings is 1. The predicted octanol–water partition coefficient (Wildman–Crippen LogP) is 3.99. The minimum atomic E-state index is 0.199. The number of hydrogen-bond donors (Lipinski definition) is 2. The molecule has 1 aliphatic carbocycles. The SMILES string of the molecule is Cc1ccc(O)c2c1C(C)CC2N[C@@H](C)c1cccnc1. The van der Waals surface area contributed by atoms with Crippen molar-refractivity contribution in [1.82, 2.24) is 10.3 Å². The summed E-state index contributed by atoms with van der Waals surface area (Å²) in [6, 6.07) is 8.28. The van der Waals surface area contributed by atoms with E-state index in [1.807, 2.05) is 24.4 Å². The van der Waals surface area contributed by atoms with Gasteiger partial charge in [0.2, 0.25) is 0 Å². The molecule has 1 aromatic heterocycles. The second-order valence-electron chi connectivity index (χ2n) is 6.09. The van der Waals surface area contributed by atoms with Crippen LogP contribution in [0.1, 0.15) is 60.5 Å². The third kappa shape index (κ3) is 2.54. The lowest BCUT2D eigenvalue weighted by molar-refractivity contribution is 0.422. The van der Waals surface area contributed by atoms with Crippen LogP contribution in [0.5, 0.6) is 5.75 Å². The molecular formula is C18H22N2O. The van der Waals surface area contributed by atoms with Crippen molar-refractivity contribution in [2.24, 2.45) is 0 Å². The molecule has 3 rings (SSSR count). The molecule has 0 amide bonds. The van der Waals surface area contributed by atoms with Gasteiger partial charge in [0.1, 0.15) is 5.75 Å². The number of phenols is 1. The highest BCUT2D eigenvalue weighted by molar-refractivity contribution is 5.51. The van der Waals surface area contributed by atoms with E-state index >= 15 is 0 Å². The highest BCUT2D eigenvalue weighted by Gasteiger charge is 2.32. The van der Waals surface area contributed by atoms with Gasteiger partial charge in [0.05, 0.1) is 0 Å². The standard InChI is InChI=1S/C18H22N2O/c1-11-6-7-16(21)18-15(9-12(2)17(11)18)20-13(3)14-5-4-8-19-10-14/h4-8,10,12-13,15,20-21H,9H2,1-3H3/t12?,13-,15?/m0/s1. The van der Waals surface area contributed by atoms with Crippen LogP contribution in [-0.4, -0.2) is 10.1 Å². The molecule has 2 aromatic rings. The zero-order valence-corrected chi connectivity index (χ0v) is 12.8. The molecule has 2 N–H and O–H groups in total. The van der Waals surface area contributed by atoms with E-state index in [9.17, 15) is 5.11 Å². The molecule has 0 fully saturated rings. The van der Waals surface area contributed by atoms with Gasteiger partial charge in [-0.15, -0.1) is 0 Å². The molecule has 110 valence electrons. The Kier molecular flexibility index (Phi) is 3.68. The minimum absolute atomic E-state index is 0.199. The Morgan fingerprint density at radius 1 is 1.29 bits per heavy atom. The van der Waals surface area contributed by atoms with Crippen molar-refractivity contribution in [1.29, 1.82) is 0 Å². The topological polar surface area (TPSA) is 45.1 Å². The van der Waals surface area contributed by atoms with E-state index in [1.54, 1.807) is 6.20 Å². The highest BCUT2D eigenvalue weighted by atomic mass is 16.3. The second kappa shape index (κ2) is 5.49. The number of pyridine rings is 1. The van der Waals surface area contributed by atoms with Crippen LogP contribution in [0, 0.1) is 6.92 Å². The van der Waals surface area contributed by atoms with Gasteiger partial charge in [-0.3, -0.25) is 4.98 Å². The summed E-state index contributed by atoms with van der Waals surface area (Å²) in [5.41, 5.74) is 4.84. The van der Waals surface area contributed by atoms with E-state index in [0.717, 1.165) is 12.0 Å². The lowest BCUT2D eigenvalue weighted by Crippen LogP contribution is -2.23. The van der Waals surface area contributed by atoms with E-state index in [0.29, 0.717) is 11.7 Å². The molecule has 3 atom stereocenters. The number of rotatable bonds is 3. The largest absolute Gasteiger partial charge is 0.508 e.